The van der Waals surface area contributed by atoms with E-state index in [0.717, 1.165) is 17.1 Å². The van der Waals surface area contributed by atoms with Crippen LogP contribution in [0.25, 0.3) is 5.69 Å². The van der Waals surface area contributed by atoms with Gasteiger partial charge in [-0.3, -0.25) is 4.57 Å². The van der Waals surface area contributed by atoms with Crippen LogP contribution in [0.3, 0.4) is 0 Å². The highest BCUT2D eigenvalue weighted by molar-refractivity contribution is 7.98. The number of thioether (sulfide) groups is 1. The lowest BCUT2D eigenvalue weighted by Gasteiger charge is -2.06. The summed E-state index contributed by atoms with van der Waals surface area (Å²) < 4.78 is 15.7. The molecule has 0 N–H and O–H groups in total. The van der Waals surface area contributed by atoms with Crippen LogP contribution in [-0.2, 0) is 12.2 Å². The lowest BCUT2D eigenvalue weighted by Crippen LogP contribution is -1.98. The number of halogens is 1. The minimum absolute atomic E-state index is 0.298. The number of benzene rings is 2. The Labute approximate surface area is 158 Å². The molecule has 0 aliphatic heterocycles. The Morgan fingerprint density at radius 1 is 1.04 bits per heavy atom. The normalized spacial score (nSPS) is 11.0. The average Bonchev–Trinajstić information content (AvgIpc) is 3.30. The van der Waals surface area contributed by atoms with Gasteiger partial charge in [-0.05, 0) is 17.7 Å². The molecule has 0 saturated carbocycles. The first-order valence-electron chi connectivity index (χ1n) is 8.04. The third kappa shape index (κ3) is 3.84. The molecule has 2 aromatic carbocycles. The minimum atomic E-state index is -0.298. The quantitative estimate of drug-likeness (QED) is 0.452. The van der Waals surface area contributed by atoms with E-state index in [1.165, 1.54) is 29.7 Å². The van der Waals surface area contributed by atoms with Crippen LogP contribution in [0, 0.1) is 5.82 Å². The third-order valence-corrected chi connectivity index (χ3v) is 5.65. The number of hydrogen-bond donors (Lipinski definition) is 0. The molecule has 7 heteroatoms. The number of nitrogens with zero attached hydrogens (tertiary/aromatic N) is 4. The molecule has 2 aromatic heterocycles. The minimum Gasteiger partial charge on any atom is -0.274 e. The van der Waals surface area contributed by atoms with Crippen LogP contribution in [0.15, 0.2) is 71.5 Å². The molecule has 0 fully saturated rings. The molecule has 4 rings (SSSR count). The van der Waals surface area contributed by atoms with Gasteiger partial charge in [-0.1, -0.05) is 54.2 Å². The van der Waals surface area contributed by atoms with Gasteiger partial charge in [-0.15, -0.1) is 21.5 Å². The summed E-state index contributed by atoms with van der Waals surface area (Å²) in [5.41, 5.74) is 2.69. The fraction of sp³-hybridized carbons (Fsp3) is 0.105. The largest absolute Gasteiger partial charge is 0.274 e. The van der Waals surface area contributed by atoms with Crippen LogP contribution in [0.2, 0.25) is 0 Å². The highest BCUT2D eigenvalue weighted by Crippen LogP contribution is 2.25. The summed E-state index contributed by atoms with van der Waals surface area (Å²) in [6.45, 7) is 0. The molecule has 130 valence electrons. The van der Waals surface area contributed by atoms with E-state index in [4.69, 9.17) is 4.98 Å². The van der Waals surface area contributed by atoms with Crippen molar-refractivity contribution in [2.45, 2.75) is 17.3 Å². The molecule has 0 atom stereocenters. The van der Waals surface area contributed by atoms with Gasteiger partial charge in [0, 0.05) is 17.6 Å². The first kappa shape index (κ1) is 16.9. The molecule has 0 aliphatic carbocycles. The van der Waals surface area contributed by atoms with Gasteiger partial charge in [0.25, 0.3) is 0 Å². The van der Waals surface area contributed by atoms with E-state index < -0.39 is 0 Å². The van der Waals surface area contributed by atoms with E-state index in [0.29, 0.717) is 16.6 Å². The molecule has 4 aromatic rings. The lowest BCUT2D eigenvalue weighted by molar-refractivity contribution is 0.613. The SMILES string of the molecule is Fc1ccccc1-n1cnnc1SCc1csc(Cc2ccccc2)n1. The Morgan fingerprint density at radius 3 is 2.69 bits per heavy atom. The maximum Gasteiger partial charge on any atom is 0.196 e. The Bertz CT molecular complexity index is 997. The second-order valence-electron chi connectivity index (χ2n) is 5.62. The van der Waals surface area contributed by atoms with Crippen LogP contribution in [0.1, 0.15) is 16.3 Å². The zero-order chi connectivity index (χ0) is 17.8. The molecular formula is C19H15FN4S2. The number of thiazole rings is 1. The lowest BCUT2D eigenvalue weighted by atomic mass is 10.2. The number of para-hydroxylation sites is 1. The van der Waals surface area contributed by atoms with Crippen molar-refractivity contribution in [3.05, 3.63) is 88.4 Å². The van der Waals surface area contributed by atoms with E-state index in [-0.39, 0.29) is 5.82 Å². The van der Waals surface area contributed by atoms with Crippen LogP contribution < -0.4 is 0 Å². The molecular weight excluding hydrogens is 367 g/mol. The fourth-order valence-corrected chi connectivity index (χ4v) is 4.29. The van der Waals surface area contributed by atoms with Crippen molar-refractivity contribution < 1.29 is 4.39 Å². The van der Waals surface area contributed by atoms with Crippen molar-refractivity contribution in [1.29, 1.82) is 0 Å². The standard InChI is InChI=1S/C19H15FN4S2/c20-16-8-4-5-9-17(16)24-13-21-23-19(24)26-12-15-11-25-18(22-15)10-14-6-2-1-3-7-14/h1-9,11,13H,10,12H2. The maximum atomic E-state index is 14.0. The van der Waals surface area contributed by atoms with Gasteiger partial charge in [-0.25, -0.2) is 9.37 Å². The molecule has 0 spiro atoms. The van der Waals surface area contributed by atoms with Crippen molar-refractivity contribution >= 4 is 23.1 Å². The van der Waals surface area contributed by atoms with Crippen molar-refractivity contribution in [2.75, 3.05) is 0 Å². The summed E-state index contributed by atoms with van der Waals surface area (Å²) in [6, 6.07) is 16.9. The fourth-order valence-electron chi connectivity index (χ4n) is 2.54. The Kier molecular flexibility index (Phi) is 5.08. The topological polar surface area (TPSA) is 43.6 Å². The van der Waals surface area contributed by atoms with Crippen LogP contribution in [0.4, 0.5) is 4.39 Å². The van der Waals surface area contributed by atoms with Crippen molar-refractivity contribution in [3.8, 4) is 5.69 Å². The first-order chi connectivity index (χ1) is 12.8. The van der Waals surface area contributed by atoms with E-state index in [9.17, 15) is 4.39 Å². The van der Waals surface area contributed by atoms with Gasteiger partial charge < -0.3 is 0 Å². The van der Waals surface area contributed by atoms with Crippen molar-refractivity contribution in [3.63, 3.8) is 0 Å². The van der Waals surface area contributed by atoms with Crippen LogP contribution in [0.5, 0.6) is 0 Å². The van der Waals surface area contributed by atoms with E-state index >= 15 is 0 Å². The van der Waals surface area contributed by atoms with Gasteiger partial charge in [0.2, 0.25) is 0 Å². The van der Waals surface area contributed by atoms with Crippen molar-refractivity contribution in [2.24, 2.45) is 0 Å². The predicted octanol–water partition coefficient (Wildman–Crippen LogP) is 4.75. The molecule has 0 radical (unpaired) electrons. The number of rotatable bonds is 6. The highest BCUT2D eigenvalue weighted by atomic mass is 32.2. The maximum absolute atomic E-state index is 14.0. The molecule has 0 unspecified atom stereocenters. The van der Waals surface area contributed by atoms with Gasteiger partial charge in [0.05, 0.1) is 16.4 Å². The number of hydrogen-bond acceptors (Lipinski definition) is 5. The Hall–Kier alpha value is -2.51. The molecule has 0 saturated heterocycles. The van der Waals surface area contributed by atoms with E-state index in [2.05, 4.69) is 27.7 Å². The van der Waals surface area contributed by atoms with E-state index in [1.54, 1.807) is 34.1 Å². The average molecular weight is 382 g/mol. The highest BCUT2D eigenvalue weighted by Gasteiger charge is 2.12. The third-order valence-electron chi connectivity index (χ3n) is 3.78. The van der Waals surface area contributed by atoms with Gasteiger partial charge in [0.15, 0.2) is 5.16 Å². The van der Waals surface area contributed by atoms with Crippen LogP contribution in [-0.4, -0.2) is 19.7 Å². The van der Waals surface area contributed by atoms with Crippen LogP contribution >= 0.6 is 23.1 Å². The number of aromatic nitrogens is 4. The summed E-state index contributed by atoms with van der Waals surface area (Å²) in [6.07, 6.45) is 2.37. The summed E-state index contributed by atoms with van der Waals surface area (Å²) >= 11 is 3.15. The van der Waals surface area contributed by atoms with Gasteiger partial charge in [-0.2, -0.15) is 0 Å². The summed E-state index contributed by atoms with van der Waals surface area (Å²) in [7, 11) is 0. The molecule has 26 heavy (non-hydrogen) atoms. The zero-order valence-electron chi connectivity index (χ0n) is 13.7. The molecule has 4 nitrogen and oxygen atoms in total. The Balaban J connectivity index is 1.44. The summed E-state index contributed by atoms with van der Waals surface area (Å²) in [5.74, 6) is 0.367. The predicted molar refractivity (Wildman–Crippen MR) is 102 cm³/mol. The molecule has 2 heterocycles. The first-order valence-corrected chi connectivity index (χ1v) is 9.91. The molecule has 0 amide bonds. The smallest absolute Gasteiger partial charge is 0.196 e. The molecule has 0 bridgehead atoms. The Morgan fingerprint density at radius 2 is 1.85 bits per heavy atom. The van der Waals surface area contributed by atoms with Gasteiger partial charge in [0.1, 0.15) is 12.1 Å². The summed E-state index contributed by atoms with van der Waals surface area (Å²) in [4.78, 5) is 4.69. The second-order valence-corrected chi connectivity index (χ2v) is 7.50. The van der Waals surface area contributed by atoms with Crippen molar-refractivity contribution in [1.82, 2.24) is 19.7 Å². The second kappa shape index (κ2) is 7.80. The van der Waals surface area contributed by atoms with Gasteiger partial charge >= 0.3 is 0 Å². The summed E-state index contributed by atoms with van der Waals surface area (Å²) in [5, 5.41) is 11.8. The molecule has 0 aliphatic rings. The monoisotopic (exact) mass is 382 g/mol. The zero-order valence-corrected chi connectivity index (χ0v) is 15.4. The van der Waals surface area contributed by atoms with E-state index in [1.807, 2.05) is 18.2 Å².